The molecule has 1 aromatic rings. The van der Waals surface area contributed by atoms with Gasteiger partial charge in [0.25, 0.3) is 0 Å². The van der Waals surface area contributed by atoms with Gasteiger partial charge in [-0.25, -0.2) is 4.99 Å². The van der Waals surface area contributed by atoms with E-state index in [0.29, 0.717) is 29.8 Å². The smallest absolute Gasteiger partial charge is 0.203 e. The molecule has 2 rings (SSSR count). The van der Waals surface area contributed by atoms with E-state index in [1.807, 2.05) is 12.1 Å². The Balaban J connectivity index is 0.00000480. The van der Waals surface area contributed by atoms with Crippen molar-refractivity contribution in [3.8, 4) is 17.2 Å². The highest BCUT2D eigenvalue weighted by molar-refractivity contribution is 14.0. The van der Waals surface area contributed by atoms with E-state index in [9.17, 15) is 0 Å². The summed E-state index contributed by atoms with van der Waals surface area (Å²) in [5, 5.41) is 6.82. The predicted molar refractivity (Wildman–Crippen MR) is 137 cm³/mol. The molecule has 1 unspecified atom stereocenters. The molecule has 0 bridgehead atoms. The summed E-state index contributed by atoms with van der Waals surface area (Å²) in [6.45, 7) is 14.4. The highest BCUT2D eigenvalue weighted by atomic mass is 127. The standard InChI is InChI=1S/C22H39N5O3.HI/c1-7-23-22(24-15-17(3)27-11-9-26(8-2)10-12-27)25-16-18-13-19(28-4)21(30-6)20(14-18)29-5;/h13-14,17H,7-12,15-16H2,1-6H3,(H2,23,24,25);1H. The maximum Gasteiger partial charge on any atom is 0.203 e. The molecule has 1 atom stereocenters. The number of nitrogens with one attached hydrogen (secondary N) is 2. The van der Waals surface area contributed by atoms with Crippen LogP contribution in [0, 0.1) is 0 Å². The monoisotopic (exact) mass is 549 g/mol. The molecule has 178 valence electrons. The molecular formula is C22H40IN5O3. The lowest BCUT2D eigenvalue weighted by molar-refractivity contribution is 0.107. The van der Waals surface area contributed by atoms with Gasteiger partial charge in [-0.2, -0.15) is 0 Å². The minimum absolute atomic E-state index is 0. The first kappa shape index (κ1) is 27.6. The molecule has 31 heavy (non-hydrogen) atoms. The number of hydrogen-bond acceptors (Lipinski definition) is 6. The van der Waals surface area contributed by atoms with Gasteiger partial charge in [-0.05, 0) is 38.1 Å². The average Bonchev–Trinajstić information content (AvgIpc) is 2.79. The van der Waals surface area contributed by atoms with Crippen LogP contribution in [0.25, 0.3) is 0 Å². The molecule has 8 nitrogen and oxygen atoms in total. The number of likely N-dealkylation sites (N-methyl/N-ethyl adjacent to an activating group) is 1. The van der Waals surface area contributed by atoms with E-state index in [-0.39, 0.29) is 24.0 Å². The highest BCUT2D eigenvalue weighted by Gasteiger charge is 2.20. The van der Waals surface area contributed by atoms with Crippen molar-refractivity contribution >= 4 is 29.9 Å². The Morgan fingerprint density at radius 3 is 2.10 bits per heavy atom. The van der Waals surface area contributed by atoms with E-state index in [0.717, 1.165) is 57.3 Å². The molecule has 0 aliphatic carbocycles. The Hall–Kier alpha value is -1.46. The summed E-state index contributed by atoms with van der Waals surface area (Å²) in [7, 11) is 4.85. The fourth-order valence-electron chi connectivity index (χ4n) is 3.63. The van der Waals surface area contributed by atoms with Crippen molar-refractivity contribution in [3.63, 3.8) is 0 Å². The van der Waals surface area contributed by atoms with Crippen LogP contribution in [0.1, 0.15) is 26.3 Å². The van der Waals surface area contributed by atoms with Gasteiger partial charge in [-0.3, -0.25) is 4.90 Å². The molecule has 1 heterocycles. The number of rotatable bonds is 10. The molecule has 1 aromatic carbocycles. The van der Waals surface area contributed by atoms with Crippen molar-refractivity contribution in [2.45, 2.75) is 33.4 Å². The summed E-state index contributed by atoms with van der Waals surface area (Å²) in [4.78, 5) is 9.79. The quantitative estimate of drug-likeness (QED) is 0.264. The predicted octanol–water partition coefficient (Wildman–Crippen LogP) is 2.41. The van der Waals surface area contributed by atoms with Gasteiger partial charge in [0, 0.05) is 45.3 Å². The Morgan fingerprint density at radius 1 is 1.00 bits per heavy atom. The molecule has 1 saturated heterocycles. The van der Waals surface area contributed by atoms with Crippen LogP contribution in [0.4, 0.5) is 0 Å². The molecule has 0 saturated carbocycles. The Labute approximate surface area is 204 Å². The fourth-order valence-corrected chi connectivity index (χ4v) is 3.63. The van der Waals surface area contributed by atoms with Crippen LogP contribution in [-0.4, -0.2) is 88.9 Å². The van der Waals surface area contributed by atoms with Crippen molar-refractivity contribution in [2.75, 3.05) is 67.1 Å². The number of ether oxygens (including phenoxy) is 3. The number of aliphatic imine (C=N–C) groups is 1. The SMILES string of the molecule is CCNC(=NCc1cc(OC)c(OC)c(OC)c1)NCC(C)N1CCN(CC)CC1.I. The normalized spacial score (nSPS) is 16.3. The first-order valence-corrected chi connectivity index (χ1v) is 10.8. The largest absolute Gasteiger partial charge is 0.493 e. The molecule has 1 fully saturated rings. The molecule has 1 aliphatic heterocycles. The van der Waals surface area contributed by atoms with Crippen molar-refractivity contribution in [1.29, 1.82) is 0 Å². The summed E-state index contributed by atoms with van der Waals surface area (Å²) in [6.07, 6.45) is 0. The fraction of sp³-hybridized carbons (Fsp3) is 0.682. The zero-order valence-electron chi connectivity index (χ0n) is 19.9. The summed E-state index contributed by atoms with van der Waals surface area (Å²) in [6, 6.07) is 4.32. The third kappa shape index (κ3) is 8.19. The molecule has 0 aromatic heterocycles. The van der Waals surface area contributed by atoms with Crippen LogP contribution in [0.5, 0.6) is 17.2 Å². The van der Waals surface area contributed by atoms with E-state index in [1.54, 1.807) is 21.3 Å². The number of benzene rings is 1. The number of nitrogens with zero attached hydrogens (tertiary/aromatic N) is 3. The molecule has 2 N–H and O–H groups in total. The average molecular weight is 549 g/mol. The molecule has 1 aliphatic rings. The molecule has 0 spiro atoms. The first-order chi connectivity index (χ1) is 14.6. The minimum Gasteiger partial charge on any atom is -0.493 e. The van der Waals surface area contributed by atoms with Gasteiger partial charge in [0.15, 0.2) is 17.5 Å². The second kappa shape index (κ2) is 14.6. The number of hydrogen-bond donors (Lipinski definition) is 2. The molecule has 0 amide bonds. The van der Waals surface area contributed by atoms with Gasteiger partial charge >= 0.3 is 0 Å². The van der Waals surface area contributed by atoms with Crippen LogP contribution in [0.2, 0.25) is 0 Å². The Morgan fingerprint density at radius 2 is 1.61 bits per heavy atom. The summed E-state index contributed by atoms with van der Waals surface area (Å²) >= 11 is 0. The number of methoxy groups -OCH3 is 3. The molecular weight excluding hydrogens is 509 g/mol. The first-order valence-electron chi connectivity index (χ1n) is 10.8. The maximum atomic E-state index is 5.44. The summed E-state index contributed by atoms with van der Waals surface area (Å²) < 4.78 is 16.3. The van der Waals surface area contributed by atoms with Crippen LogP contribution in [0.3, 0.4) is 0 Å². The second-order valence-corrected chi connectivity index (χ2v) is 7.43. The lowest BCUT2D eigenvalue weighted by atomic mass is 10.2. The van der Waals surface area contributed by atoms with Gasteiger partial charge in [0.2, 0.25) is 5.75 Å². The van der Waals surface area contributed by atoms with Gasteiger partial charge in [-0.1, -0.05) is 6.92 Å². The van der Waals surface area contributed by atoms with E-state index in [1.165, 1.54) is 0 Å². The van der Waals surface area contributed by atoms with Gasteiger partial charge in [0.1, 0.15) is 0 Å². The van der Waals surface area contributed by atoms with Gasteiger partial charge in [0.05, 0.1) is 27.9 Å². The molecule has 0 radical (unpaired) electrons. The van der Waals surface area contributed by atoms with Gasteiger partial charge in [-0.15, -0.1) is 24.0 Å². The van der Waals surface area contributed by atoms with Crippen molar-refractivity contribution in [2.24, 2.45) is 4.99 Å². The zero-order chi connectivity index (χ0) is 21.9. The van der Waals surface area contributed by atoms with E-state index in [2.05, 4.69) is 41.2 Å². The van der Waals surface area contributed by atoms with Crippen LogP contribution in [0.15, 0.2) is 17.1 Å². The summed E-state index contributed by atoms with van der Waals surface area (Å²) in [5.74, 6) is 2.68. The number of piperazine rings is 1. The van der Waals surface area contributed by atoms with E-state index in [4.69, 9.17) is 19.2 Å². The minimum atomic E-state index is 0. The molecule has 9 heteroatoms. The van der Waals surface area contributed by atoms with Crippen molar-refractivity contribution in [1.82, 2.24) is 20.4 Å². The lowest BCUT2D eigenvalue weighted by Gasteiger charge is -2.37. The zero-order valence-corrected chi connectivity index (χ0v) is 22.2. The second-order valence-electron chi connectivity index (χ2n) is 7.43. The third-order valence-electron chi connectivity index (χ3n) is 5.53. The highest BCUT2D eigenvalue weighted by Crippen LogP contribution is 2.38. The van der Waals surface area contributed by atoms with Crippen molar-refractivity contribution in [3.05, 3.63) is 17.7 Å². The van der Waals surface area contributed by atoms with Crippen LogP contribution < -0.4 is 24.8 Å². The van der Waals surface area contributed by atoms with E-state index >= 15 is 0 Å². The number of halogens is 1. The van der Waals surface area contributed by atoms with Crippen LogP contribution >= 0.6 is 24.0 Å². The number of guanidine groups is 1. The Bertz CT molecular complexity index is 656. The maximum absolute atomic E-state index is 5.44. The Kier molecular flexibility index (Phi) is 13.0. The van der Waals surface area contributed by atoms with Gasteiger partial charge < -0.3 is 29.7 Å². The topological polar surface area (TPSA) is 70.6 Å². The van der Waals surface area contributed by atoms with E-state index < -0.39 is 0 Å². The third-order valence-corrected chi connectivity index (χ3v) is 5.53. The summed E-state index contributed by atoms with van der Waals surface area (Å²) in [5.41, 5.74) is 0.991. The lowest BCUT2D eigenvalue weighted by Crippen LogP contribution is -2.53. The van der Waals surface area contributed by atoms with Crippen molar-refractivity contribution < 1.29 is 14.2 Å². The van der Waals surface area contributed by atoms with Crippen LogP contribution in [-0.2, 0) is 6.54 Å².